The molecule has 3 aromatic rings. The van der Waals surface area contributed by atoms with Crippen molar-refractivity contribution >= 4 is 11.8 Å². The maximum Gasteiger partial charge on any atom is 0.424 e. The maximum absolute atomic E-state index is 14.2. The fraction of sp³-hybridized carbons (Fsp3) is 0.304. The number of rotatable bonds is 9. The lowest BCUT2D eigenvalue weighted by Crippen LogP contribution is -2.51. The number of hydrogen-bond donors (Lipinski definition) is 3. The van der Waals surface area contributed by atoms with Crippen LogP contribution in [0, 0.1) is 5.82 Å². The number of amides is 2. The predicted molar refractivity (Wildman–Crippen MR) is 119 cm³/mol. The number of ether oxygens (including phenoxy) is 1. The molecule has 36 heavy (non-hydrogen) atoms. The second-order valence-corrected chi connectivity index (χ2v) is 7.84. The molecule has 0 spiro atoms. The number of nitrogens with two attached hydrogens (primary N) is 1. The number of benzene rings is 1. The summed E-state index contributed by atoms with van der Waals surface area (Å²) in [4.78, 5) is 28.0. The molecule has 1 aromatic carbocycles. The Balaban J connectivity index is 2.16. The number of aromatic nitrogens is 3. The third-order valence-electron chi connectivity index (χ3n) is 5.16. The van der Waals surface area contributed by atoms with Gasteiger partial charge in [-0.25, -0.2) is 9.37 Å². The number of alkyl halides is 3. The average Bonchev–Trinajstić information content (AvgIpc) is 3.24. The molecule has 192 valence electrons. The predicted octanol–water partition coefficient (Wildman–Crippen LogP) is 2.23. The lowest BCUT2D eigenvalue weighted by atomic mass is 9.93. The molecule has 1 atom stereocenters. The van der Waals surface area contributed by atoms with Crippen LogP contribution in [0.4, 0.5) is 17.6 Å². The van der Waals surface area contributed by atoms with Crippen LogP contribution < -0.4 is 15.8 Å². The summed E-state index contributed by atoms with van der Waals surface area (Å²) in [6.07, 6.45) is -4.42. The zero-order valence-corrected chi connectivity index (χ0v) is 19.3. The standard InChI is InChI=1S/C23H23F4N5O4/c1-3-36-20-14(11-18(28)33)10-17(30-19(20)13-4-6-15(24)7-5-13)22(35,23(25,26)27)12-29-21(34)16-8-9-32(2)31-16/h4-10,35H,3,11-12H2,1-2H3,(H2,28,33)(H,29,34)/t22-/m0/s1. The Labute approximate surface area is 202 Å². The van der Waals surface area contributed by atoms with Crippen molar-refractivity contribution in [3.63, 3.8) is 0 Å². The van der Waals surface area contributed by atoms with E-state index in [9.17, 15) is 32.3 Å². The van der Waals surface area contributed by atoms with E-state index in [1.165, 1.54) is 36.1 Å². The summed E-state index contributed by atoms with van der Waals surface area (Å²) in [6, 6.07) is 6.78. The van der Waals surface area contributed by atoms with E-state index in [0.717, 1.165) is 18.2 Å². The lowest BCUT2D eigenvalue weighted by Gasteiger charge is -2.31. The second kappa shape index (κ2) is 10.3. The first-order valence-corrected chi connectivity index (χ1v) is 10.6. The minimum absolute atomic E-state index is 0.0475. The maximum atomic E-state index is 14.2. The summed E-state index contributed by atoms with van der Waals surface area (Å²) in [5.74, 6) is -2.49. The average molecular weight is 509 g/mol. The number of carbonyl (C=O) groups is 2. The second-order valence-electron chi connectivity index (χ2n) is 7.84. The Morgan fingerprint density at radius 2 is 1.86 bits per heavy atom. The minimum atomic E-state index is -5.31. The number of nitrogens with zero attached hydrogens (tertiary/aromatic N) is 3. The van der Waals surface area contributed by atoms with Gasteiger partial charge >= 0.3 is 6.18 Å². The quantitative estimate of drug-likeness (QED) is 0.379. The van der Waals surface area contributed by atoms with Crippen molar-refractivity contribution in [2.24, 2.45) is 12.8 Å². The molecule has 2 aromatic heterocycles. The Morgan fingerprint density at radius 1 is 1.19 bits per heavy atom. The van der Waals surface area contributed by atoms with Gasteiger partial charge < -0.3 is 20.9 Å². The van der Waals surface area contributed by atoms with Crippen molar-refractivity contribution in [1.29, 1.82) is 0 Å². The Bertz CT molecular complexity index is 1260. The molecular weight excluding hydrogens is 486 g/mol. The summed E-state index contributed by atoms with van der Waals surface area (Å²) in [5, 5.41) is 16.7. The molecule has 0 radical (unpaired) electrons. The number of pyridine rings is 1. The molecule has 0 unspecified atom stereocenters. The van der Waals surface area contributed by atoms with Crippen LogP contribution in [0.2, 0.25) is 0 Å². The zero-order valence-electron chi connectivity index (χ0n) is 19.3. The van der Waals surface area contributed by atoms with Gasteiger partial charge in [-0.2, -0.15) is 18.3 Å². The van der Waals surface area contributed by atoms with Gasteiger partial charge in [0, 0.05) is 24.4 Å². The van der Waals surface area contributed by atoms with Gasteiger partial charge in [-0.3, -0.25) is 14.3 Å². The summed E-state index contributed by atoms with van der Waals surface area (Å²) >= 11 is 0. The van der Waals surface area contributed by atoms with E-state index < -0.39 is 48.1 Å². The summed E-state index contributed by atoms with van der Waals surface area (Å²) in [7, 11) is 1.52. The van der Waals surface area contributed by atoms with Crippen LogP contribution in [0.3, 0.4) is 0 Å². The van der Waals surface area contributed by atoms with E-state index in [1.54, 1.807) is 6.92 Å². The van der Waals surface area contributed by atoms with E-state index in [1.807, 2.05) is 5.32 Å². The first-order chi connectivity index (χ1) is 16.9. The number of aryl methyl sites for hydroxylation is 1. The summed E-state index contributed by atoms with van der Waals surface area (Å²) in [5.41, 5.74) is 0.439. The largest absolute Gasteiger partial charge is 0.491 e. The van der Waals surface area contributed by atoms with Gasteiger partial charge in [0.05, 0.1) is 25.3 Å². The van der Waals surface area contributed by atoms with E-state index in [-0.39, 0.29) is 34.9 Å². The topological polar surface area (TPSA) is 132 Å². The molecule has 2 amide bonds. The van der Waals surface area contributed by atoms with Crippen LogP contribution >= 0.6 is 0 Å². The van der Waals surface area contributed by atoms with Gasteiger partial charge in [-0.15, -0.1) is 0 Å². The van der Waals surface area contributed by atoms with E-state index in [2.05, 4.69) is 10.1 Å². The van der Waals surface area contributed by atoms with Crippen LogP contribution in [-0.2, 0) is 23.9 Å². The van der Waals surface area contributed by atoms with Gasteiger partial charge in [-0.1, -0.05) is 0 Å². The number of primary amides is 1. The molecule has 0 aliphatic carbocycles. The number of aliphatic hydroxyl groups is 1. The molecule has 13 heteroatoms. The van der Waals surface area contributed by atoms with Crippen LogP contribution in [0.15, 0.2) is 42.6 Å². The highest BCUT2D eigenvalue weighted by Gasteiger charge is 2.56. The van der Waals surface area contributed by atoms with Crippen molar-refractivity contribution in [3.8, 4) is 17.0 Å². The third kappa shape index (κ3) is 5.62. The monoisotopic (exact) mass is 509 g/mol. The van der Waals surface area contributed by atoms with Crippen molar-refractivity contribution < 1.29 is 37.0 Å². The molecule has 0 bridgehead atoms. The Kier molecular flexibility index (Phi) is 7.62. The molecule has 0 fully saturated rings. The molecule has 0 saturated heterocycles. The number of halogens is 4. The SMILES string of the molecule is CCOc1c(CC(N)=O)cc([C@@](O)(CNC(=O)c2ccn(C)n2)C(F)(F)F)nc1-c1ccc(F)cc1. The highest BCUT2D eigenvalue weighted by molar-refractivity contribution is 5.92. The van der Waals surface area contributed by atoms with Crippen LogP contribution in [0.25, 0.3) is 11.3 Å². The number of nitrogens with one attached hydrogen (secondary N) is 1. The van der Waals surface area contributed by atoms with Crippen molar-refractivity contribution in [3.05, 3.63) is 65.4 Å². The third-order valence-corrected chi connectivity index (χ3v) is 5.16. The summed E-state index contributed by atoms with van der Waals surface area (Å²) < 4.78 is 63.1. The van der Waals surface area contributed by atoms with Crippen LogP contribution in [-0.4, -0.2) is 51.0 Å². The highest BCUT2D eigenvalue weighted by atomic mass is 19.4. The fourth-order valence-electron chi connectivity index (χ4n) is 3.40. The Morgan fingerprint density at radius 3 is 2.39 bits per heavy atom. The minimum Gasteiger partial charge on any atom is -0.491 e. The van der Waals surface area contributed by atoms with Gasteiger partial charge in [0.1, 0.15) is 23.0 Å². The molecule has 9 nitrogen and oxygen atoms in total. The van der Waals surface area contributed by atoms with Crippen LogP contribution in [0.5, 0.6) is 5.75 Å². The molecule has 0 aliphatic rings. The van der Waals surface area contributed by atoms with Crippen LogP contribution in [0.1, 0.15) is 28.7 Å². The van der Waals surface area contributed by atoms with E-state index >= 15 is 0 Å². The highest BCUT2D eigenvalue weighted by Crippen LogP contribution is 2.42. The van der Waals surface area contributed by atoms with Gasteiger partial charge in [0.15, 0.2) is 0 Å². The van der Waals surface area contributed by atoms with E-state index in [4.69, 9.17) is 10.5 Å². The molecule has 2 heterocycles. The van der Waals surface area contributed by atoms with Crippen molar-refractivity contribution in [1.82, 2.24) is 20.1 Å². The first kappa shape index (κ1) is 26.6. The molecule has 3 rings (SSSR count). The molecular formula is C23H23F4N5O4. The normalized spacial score (nSPS) is 13.2. The fourth-order valence-corrected chi connectivity index (χ4v) is 3.40. The molecule has 0 aliphatic heterocycles. The lowest BCUT2D eigenvalue weighted by molar-refractivity contribution is -0.265. The van der Waals surface area contributed by atoms with Gasteiger partial charge in [0.25, 0.3) is 5.91 Å². The van der Waals surface area contributed by atoms with Gasteiger partial charge in [-0.05, 0) is 43.3 Å². The smallest absolute Gasteiger partial charge is 0.424 e. The van der Waals surface area contributed by atoms with Gasteiger partial charge in [0.2, 0.25) is 11.5 Å². The summed E-state index contributed by atoms with van der Waals surface area (Å²) in [6.45, 7) is 0.353. The number of carbonyl (C=O) groups excluding carboxylic acids is 2. The van der Waals surface area contributed by atoms with Crippen molar-refractivity contribution in [2.75, 3.05) is 13.2 Å². The van der Waals surface area contributed by atoms with E-state index in [0.29, 0.717) is 0 Å². The molecule has 4 N–H and O–H groups in total. The molecule has 0 saturated carbocycles. The Hall–Kier alpha value is -4.00. The number of hydrogen-bond acceptors (Lipinski definition) is 6. The van der Waals surface area contributed by atoms with Crippen molar-refractivity contribution in [2.45, 2.75) is 25.1 Å². The first-order valence-electron chi connectivity index (χ1n) is 10.6. The zero-order chi connectivity index (χ0) is 26.7.